The number of aromatic nitrogens is 2. The molecule has 202 valence electrons. The van der Waals surface area contributed by atoms with E-state index in [2.05, 4.69) is 53.4 Å². The molecular weight excluding hydrogens is 491 g/mol. The van der Waals surface area contributed by atoms with E-state index in [1.807, 2.05) is 27.7 Å². The Bertz CT molecular complexity index is 929. The second-order valence-corrected chi connectivity index (χ2v) is 10.1. The maximum absolute atomic E-state index is 12.2. The van der Waals surface area contributed by atoms with Crippen molar-refractivity contribution in [2.24, 2.45) is 0 Å². The molecule has 0 fully saturated rings. The zero-order valence-electron chi connectivity index (χ0n) is 22.1. The number of alkyl carbamates (subject to hydrolysis) is 1. The van der Waals surface area contributed by atoms with Crippen molar-refractivity contribution in [3.8, 4) is 0 Å². The number of aryl methyl sites for hydroxylation is 3. The van der Waals surface area contributed by atoms with Crippen LogP contribution in [0, 0.1) is 6.92 Å². The van der Waals surface area contributed by atoms with Gasteiger partial charge in [-0.3, -0.25) is 0 Å². The number of halogens is 4. The Kier molecular flexibility index (Phi) is 13.2. The minimum atomic E-state index is -4.48. The van der Waals surface area contributed by atoms with Crippen LogP contribution in [-0.2, 0) is 23.8 Å². The Morgan fingerprint density at radius 3 is 2.19 bits per heavy atom. The van der Waals surface area contributed by atoms with E-state index in [0.717, 1.165) is 44.7 Å². The molecule has 0 aliphatic rings. The summed E-state index contributed by atoms with van der Waals surface area (Å²) < 4.78 is 41.9. The Balaban J connectivity index is 0.000000397. The third kappa shape index (κ3) is 13.1. The van der Waals surface area contributed by atoms with E-state index < -0.39 is 22.5 Å². The van der Waals surface area contributed by atoms with Gasteiger partial charge in [0.15, 0.2) is 0 Å². The molecule has 0 spiro atoms. The molecule has 2 rings (SSSR count). The molecule has 1 aromatic carbocycles. The summed E-state index contributed by atoms with van der Waals surface area (Å²) >= 11 is 5.38. The summed E-state index contributed by atoms with van der Waals surface area (Å²) in [4.78, 5) is 19.0. The van der Waals surface area contributed by atoms with Crippen LogP contribution in [0.15, 0.2) is 30.5 Å². The van der Waals surface area contributed by atoms with Gasteiger partial charge in [-0.2, -0.15) is 13.2 Å². The molecule has 1 heterocycles. The van der Waals surface area contributed by atoms with Gasteiger partial charge in [0.25, 0.3) is 0 Å². The minimum absolute atomic E-state index is 0.199. The lowest BCUT2D eigenvalue weighted by molar-refractivity contribution is -0.138. The first-order chi connectivity index (χ1) is 16.7. The van der Waals surface area contributed by atoms with Gasteiger partial charge in [0.1, 0.15) is 22.1 Å². The number of rotatable bonds is 9. The van der Waals surface area contributed by atoms with Gasteiger partial charge in [-0.1, -0.05) is 61.7 Å². The smallest absolute Gasteiger partial charge is 0.420 e. The van der Waals surface area contributed by atoms with Gasteiger partial charge >= 0.3 is 12.3 Å². The average molecular weight is 530 g/mol. The summed E-state index contributed by atoms with van der Waals surface area (Å²) in [7, 11) is 0. The summed E-state index contributed by atoms with van der Waals surface area (Å²) in [5.74, 6) is 0.338. The van der Waals surface area contributed by atoms with Crippen molar-refractivity contribution in [1.82, 2.24) is 15.3 Å². The fourth-order valence-electron chi connectivity index (χ4n) is 3.35. The van der Waals surface area contributed by atoms with Crippen molar-refractivity contribution in [3.05, 3.63) is 58.1 Å². The topological polar surface area (TPSA) is 64.1 Å². The zero-order chi connectivity index (χ0) is 27.4. The van der Waals surface area contributed by atoms with E-state index in [0.29, 0.717) is 12.2 Å². The molecule has 1 N–H and O–H groups in total. The van der Waals surface area contributed by atoms with E-state index in [1.165, 1.54) is 11.1 Å². The lowest BCUT2D eigenvalue weighted by Gasteiger charge is -2.23. The molecule has 1 unspecified atom stereocenters. The third-order valence-corrected chi connectivity index (χ3v) is 5.36. The van der Waals surface area contributed by atoms with Crippen molar-refractivity contribution in [3.63, 3.8) is 0 Å². The van der Waals surface area contributed by atoms with Crippen LogP contribution in [0.25, 0.3) is 0 Å². The number of hydrogen-bond acceptors (Lipinski definition) is 4. The molecule has 1 aromatic heterocycles. The average Bonchev–Trinajstić information content (AvgIpc) is 2.74. The van der Waals surface area contributed by atoms with Crippen molar-refractivity contribution < 1.29 is 22.7 Å². The molecule has 0 aliphatic heterocycles. The van der Waals surface area contributed by atoms with Crippen LogP contribution >= 0.6 is 11.6 Å². The lowest BCUT2D eigenvalue weighted by atomic mass is 10.0. The van der Waals surface area contributed by atoms with Gasteiger partial charge in [0.2, 0.25) is 0 Å². The zero-order valence-corrected chi connectivity index (χ0v) is 22.9. The predicted molar refractivity (Wildman–Crippen MR) is 138 cm³/mol. The van der Waals surface area contributed by atoms with Crippen LogP contribution in [-0.4, -0.2) is 27.7 Å². The van der Waals surface area contributed by atoms with Gasteiger partial charge in [0.05, 0.1) is 0 Å². The molecular formula is C27H39ClF3N3O2. The van der Waals surface area contributed by atoms with E-state index in [-0.39, 0.29) is 12.1 Å². The van der Waals surface area contributed by atoms with Crippen LogP contribution in [0.3, 0.4) is 0 Å². The molecule has 2 aromatic rings. The number of amides is 1. The quantitative estimate of drug-likeness (QED) is 0.333. The minimum Gasteiger partial charge on any atom is -0.444 e. The third-order valence-electron chi connectivity index (χ3n) is 5.07. The molecule has 0 saturated carbocycles. The van der Waals surface area contributed by atoms with Crippen molar-refractivity contribution in [2.45, 2.75) is 104 Å². The second-order valence-electron chi connectivity index (χ2n) is 9.75. The van der Waals surface area contributed by atoms with E-state index >= 15 is 0 Å². The normalized spacial score (nSPS) is 12.4. The monoisotopic (exact) mass is 529 g/mol. The number of hydrogen-bond donors (Lipinski definition) is 1. The summed E-state index contributed by atoms with van der Waals surface area (Å²) in [6, 6.07) is 8.87. The second kappa shape index (κ2) is 15.0. The molecule has 36 heavy (non-hydrogen) atoms. The van der Waals surface area contributed by atoms with E-state index in [1.54, 1.807) is 0 Å². The van der Waals surface area contributed by atoms with Crippen molar-refractivity contribution in [2.75, 3.05) is 0 Å². The Morgan fingerprint density at radius 2 is 1.69 bits per heavy atom. The van der Waals surface area contributed by atoms with E-state index in [4.69, 9.17) is 16.3 Å². The van der Waals surface area contributed by atoms with Crippen molar-refractivity contribution >= 4 is 17.7 Å². The van der Waals surface area contributed by atoms with Gasteiger partial charge < -0.3 is 10.1 Å². The van der Waals surface area contributed by atoms with E-state index in [9.17, 15) is 18.0 Å². The first-order valence-corrected chi connectivity index (χ1v) is 12.8. The molecule has 5 nitrogen and oxygen atoms in total. The largest absolute Gasteiger partial charge is 0.444 e. The number of nitrogens with one attached hydrogen (secondary N) is 1. The molecule has 1 atom stereocenters. The fraction of sp³-hybridized carbons (Fsp3) is 0.593. The maximum atomic E-state index is 12.2. The van der Waals surface area contributed by atoms with Gasteiger partial charge in [-0.15, -0.1) is 0 Å². The van der Waals surface area contributed by atoms with Gasteiger partial charge in [0, 0.05) is 18.7 Å². The number of carbonyl (C=O) groups is 1. The highest BCUT2D eigenvalue weighted by atomic mass is 35.5. The van der Waals surface area contributed by atoms with Gasteiger partial charge in [-0.05, 0) is 65.4 Å². The molecule has 0 aliphatic carbocycles. The number of benzene rings is 1. The number of alkyl halides is 3. The fourth-order valence-corrected chi connectivity index (χ4v) is 3.60. The Hall–Kier alpha value is -2.35. The SMILES string of the molecule is CCCC(CCCc1ccc(C)cc1)NC(=O)OC(C)(C)C.CCCc1ncc(C(F)(F)F)c(Cl)n1. The molecule has 9 heteroatoms. The standard InChI is InChI=1S/C19H31NO2.C8H8ClF3N2/c1-6-8-17(20-18(21)22-19(3,4)5)10-7-9-16-13-11-15(2)12-14-16;1-2-3-6-13-4-5(7(9)14-6)8(10,11)12/h11-14,17H,6-10H2,1-5H3,(H,20,21);4H,2-3H2,1H3. The van der Waals surface area contributed by atoms with Crippen LogP contribution in [0.2, 0.25) is 5.15 Å². The molecule has 0 radical (unpaired) electrons. The number of ether oxygens (including phenoxy) is 1. The summed E-state index contributed by atoms with van der Waals surface area (Å²) in [5.41, 5.74) is 1.22. The Morgan fingerprint density at radius 1 is 1.06 bits per heavy atom. The summed E-state index contributed by atoms with van der Waals surface area (Å²) in [6.07, 6.45) is 2.39. The van der Waals surface area contributed by atoms with Crippen LogP contribution in [0.4, 0.5) is 18.0 Å². The highest BCUT2D eigenvalue weighted by Gasteiger charge is 2.34. The van der Waals surface area contributed by atoms with Crippen molar-refractivity contribution in [1.29, 1.82) is 0 Å². The van der Waals surface area contributed by atoms with Crippen LogP contribution in [0.5, 0.6) is 0 Å². The van der Waals surface area contributed by atoms with Gasteiger partial charge in [-0.25, -0.2) is 14.8 Å². The molecule has 0 saturated heterocycles. The maximum Gasteiger partial charge on any atom is 0.420 e. The van der Waals surface area contributed by atoms with Crippen LogP contribution < -0.4 is 5.32 Å². The number of carbonyl (C=O) groups excluding carboxylic acids is 1. The highest BCUT2D eigenvalue weighted by Crippen LogP contribution is 2.32. The predicted octanol–water partition coefficient (Wildman–Crippen LogP) is 8.11. The Labute approximate surface area is 218 Å². The first kappa shape index (κ1) is 31.7. The number of nitrogens with zero attached hydrogens (tertiary/aromatic N) is 2. The summed E-state index contributed by atoms with van der Waals surface area (Å²) in [6.45, 7) is 11.8. The summed E-state index contributed by atoms with van der Waals surface area (Å²) in [5, 5.41) is 2.48. The first-order valence-electron chi connectivity index (χ1n) is 12.4. The lowest BCUT2D eigenvalue weighted by Crippen LogP contribution is -2.39. The highest BCUT2D eigenvalue weighted by molar-refractivity contribution is 6.30. The molecule has 0 bridgehead atoms. The molecule has 1 amide bonds. The van der Waals surface area contributed by atoms with Crippen LogP contribution in [0.1, 0.15) is 89.2 Å².